The third-order valence-electron chi connectivity index (χ3n) is 13.0. The number of hydrogen-bond acceptors (Lipinski definition) is 20. The summed E-state index contributed by atoms with van der Waals surface area (Å²) < 4.78 is 45.0. The van der Waals surface area contributed by atoms with Gasteiger partial charge in [-0.25, -0.2) is 28.1 Å². The van der Waals surface area contributed by atoms with Crippen LogP contribution < -0.4 is 53.3 Å². The number of fused-ring (bicyclic) bond motifs is 3. The van der Waals surface area contributed by atoms with Crippen LogP contribution in [0, 0.1) is 29.0 Å². The molecule has 0 amide bonds. The van der Waals surface area contributed by atoms with E-state index >= 15 is 0 Å². The van der Waals surface area contributed by atoms with E-state index in [1.807, 2.05) is 0 Å². The third kappa shape index (κ3) is 20.5. The molecule has 0 aliphatic carbocycles. The van der Waals surface area contributed by atoms with E-state index in [-0.39, 0.29) is 99.7 Å². The van der Waals surface area contributed by atoms with Crippen molar-refractivity contribution in [3.05, 3.63) is 219 Å². The number of aliphatic hydroxyl groups is 1. The second kappa shape index (κ2) is 36.5. The summed E-state index contributed by atoms with van der Waals surface area (Å²) in [6.45, 7) is 4.37. The number of ketones is 4. The first-order valence-electron chi connectivity index (χ1n) is 26.8. The van der Waals surface area contributed by atoms with E-state index < -0.39 is 23.6 Å². The molecule has 12 aromatic rings. The van der Waals surface area contributed by atoms with E-state index in [0.29, 0.717) is 117 Å². The van der Waals surface area contributed by atoms with Crippen LogP contribution in [-0.2, 0) is 35.3 Å². The predicted octanol–water partition coefficient (Wildman–Crippen LogP) is 5.82. The van der Waals surface area contributed by atoms with Crippen molar-refractivity contribution >= 4 is 142 Å². The summed E-state index contributed by atoms with van der Waals surface area (Å²) >= 11 is 23.7. The molecule has 1 unspecified atom stereocenters. The molecule has 0 aliphatic heterocycles. The number of hydrogen-bond donors (Lipinski definition) is 2. The number of benzene rings is 3. The molecule has 0 saturated heterocycles. The molecule has 9 heterocycles. The van der Waals surface area contributed by atoms with E-state index in [9.17, 15) is 37.5 Å². The number of ether oxygens (including phenoxy) is 1. The molecule has 0 fully saturated rings. The molecule has 95 heavy (non-hydrogen) atoms. The Balaban J connectivity index is 0.000000236. The molecule has 3 aromatic carbocycles. The van der Waals surface area contributed by atoms with Gasteiger partial charge in [0.2, 0.25) is 0 Å². The third-order valence-corrected chi connectivity index (χ3v) is 13.8. The van der Waals surface area contributed by atoms with Gasteiger partial charge in [0.1, 0.15) is 29.0 Å². The van der Waals surface area contributed by atoms with Gasteiger partial charge in [-0.1, -0.05) is 34.8 Å². The average molecular weight is 1690 g/mol. The molecule has 3 N–H and O–H groups in total. The van der Waals surface area contributed by atoms with Crippen LogP contribution in [0.1, 0.15) is 76.8 Å². The normalized spacial score (nSPS) is 10.8. The topological polar surface area (TPSA) is 317 Å². The number of nitrogen functional groups attached to an aromatic ring is 1. The van der Waals surface area contributed by atoms with Gasteiger partial charge < -0.3 is 17.0 Å². The van der Waals surface area contributed by atoms with Crippen molar-refractivity contribution in [2.24, 2.45) is 0 Å². The fraction of sp³-hybridized carbons (Fsp3) is 0.131. The van der Waals surface area contributed by atoms with Gasteiger partial charge in [-0.15, -0.1) is 19.7 Å². The molecule has 3 radical (unpaired) electrons. The quantitative estimate of drug-likeness (QED) is 0.0529. The van der Waals surface area contributed by atoms with Gasteiger partial charge in [-0.3, -0.25) is 34.1 Å². The Kier molecular flexibility index (Phi) is 29.4. The number of aromatic nitrogens is 15. The van der Waals surface area contributed by atoms with E-state index in [0.717, 1.165) is 0 Å². The van der Waals surface area contributed by atoms with Gasteiger partial charge >= 0.3 is 80.0 Å². The zero-order chi connectivity index (χ0) is 66.9. The first-order valence-corrected chi connectivity index (χ1v) is 40.6. The minimum atomic E-state index is -0.878. The first-order chi connectivity index (χ1) is 44.7. The summed E-state index contributed by atoms with van der Waals surface area (Å²) in [6, 6.07) is 17.1. The van der Waals surface area contributed by atoms with Crippen molar-refractivity contribution in [2.75, 3.05) is 5.73 Å². The van der Waals surface area contributed by atoms with Gasteiger partial charge in [0.25, 0.3) is 6.26 Å². The van der Waals surface area contributed by atoms with Crippen molar-refractivity contribution in [1.29, 1.82) is 5.26 Å². The first kappa shape index (κ1) is 76.4. The minimum absolute atomic E-state index is 0. The Morgan fingerprint density at radius 1 is 0.579 bits per heavy atom. The second-order valence-corrected chi connectivity index (χ2v) is 36.9. The van der Waals surface area contributed by atoms with Crippen LogP contribution in [0.3, 0.4) is 0 Å². The largest absolute Gasteiger partial charge is 1.00 e. The summed E-state index contributed by atoms with van der Waals surface area (Å²) in [7, 11) is 0. The second-order valence-electron chi connectivity index (χ2n) is 19.5. The van der Waals surface area contributed by atoms with E-state index in [4.69, 9.17) is 45.8 Å². The van der Waals surface area contributed by atoms with E-state index in [2.05, 4.69) is 102 Å². The van der Waals surface area contributed by atoms with Crippen molar-refractivity contribution in [3.63, 3.8) is 0 Å². The zero-order valence-electron chi connectivity index (χ0n) is 51.0. The number of nitrogens with zero attached hydrogens (tertiary/aromatic N) is 16. The maximum Gasteiger partial charge on any atom is 1.00 e. The molecule has 0 saturated carbocycles. The van der Waals surface area contributed by atoms with E-state index in [1.165, 1.54) is 151 Å². The smallest absolute Gasteiger partial charge is 1.00 e. The van der Waals surface area contributed by atoms with Gasteiger partial charge in [-0.05, 0) is 115 Å². The molecule has 0 bridgehead atoms. The number of Topliss-reactive ketones (excluding diaryl/α,β-unsaturated/α-hetero) is 4. The molecular weight excluding hydrogens is 1640 g/mol. The monoisotopic (exact) mass is 1690 g/mol. The van der Waals surface area contributed by atoms with Gasteiger partial charge in [0.05, 0.1) is 98.5 Å². The van der Waals surface area contributed by atoms with Gasteiger partial charge in [0.15, 0.2) is 34.8 Å². The summed E-state index contributed by atoms with van der Waals surface area (Å²) in [5.74, 6) is -0.627. The molecule has 0 spiro atoms. The molecule has 1 atom stereocenters. The Morgan fingerprint density at radius 3 is 1.35 bits per heavy atom. The molecule has 9 aromatic heterocycles. The van der Waals surface area contributed by atoms with E-state index in [1.54, 1.807) is 37.5 Å². The van der Waals surface area contributed by atoms with Crippen molar-refractivity contribution in [3.8, 4) is 29.5 Å². The maximum atomic E-state index is 13.7. The van der Waals surface area contributed by atoms with Crippen molar-refractivity contribution < 1.29 is 86.4 Å². The Hall–Kier alpha value is -7.60. The number of rotatable bonds is 15. The standard InChI is InChI=1S/C21H17ClFN5O2.C21H15ClFN5O2.C11H9FN2O.C8H4ClN5O.B.I3.Na.H/c2*1-12(29)20-14(11-24-19-3-2-15(23)9-17(19)20)8-16(30)6-13-7-18(22)21(25-10-13)28-26-4-5-27-28;1-6(15)11-8-4-7(12)2-3-10(8)14-5-9(11)13;9-7-3-6(15-5-10)4-11-8(7)14-12-1-2-13-14;;1-3-2;;/h2-5,7,9-12,29H,6,8H2,1H3;2-5,7,9-11H,6,8H2,1H3;2-5H,13H2,1H3;1-4H;;;;/q;;;;;-1;+1;-1. The van der Waals surface area contributed by atoms with Crippen LogP contribution in [0.25, 0.3) is 50.2 Å². The van der Waals surface area contributed by atoms with Gasteiger partial charge in [-0.2, -0.15) is 30.6 Å². The maximum absolute atomic E-state index is 13.7. The molecular formula is C61H46BCl3F3I3N17NaO6-. The average Bonchev–Trinajstić information content (AvgIpc) is 1.06. The number of anilines is 1. The number of carbonyl (C=O) groups excluding carboxylic acids is 4. The Bertz CT molecular complexity index is 4750. The Morgan fingerprint density at radius 2 is 0.947 bits per heavy atom. The number of nitriles is 1. The summed E-state index contributed by atoms with van der Waals surface area (Å²) in [4.78, 5) is 77.8. The van der Waals surface area contributed by atoms with Crippen molar-refractivity contribution in [1.82, 2.24) is 74.9 Å². The van der Waals surface area contributed by atoms with Crippen LogP contribution >= 0.6 is 72.0 Å². The summed E-state index contributed by atoms with van der Waals surface area (Å²) in [5.41, 5.74) is 11.0. The van der Waals surface area contributed by atoms with Crippen LogP contribution in [0.4, 0.5) is 18.9 Å². The molecule has 0 aliphatic rings. The van der Waals surface area contributed by atoms with Gasteiger partial charge in [0, 0.05) is 86.7 Å². The molecule has 12 rings (SSSR count). The number of nitrogens with two attached hydrogens (primary N) is 1. The minimum Gasteiger partial charge on any atom is -1.00 e. The number of carbonyl (C=O) groups is 4. The SMILES string of the molecule is CC(=O)c1c(CC(=O)Cc2cnc(-n3nccn3)c(Cl)c2)cnc2ccc(F)cc12.CC(=O)c1c(N)cnc2ccc(F)cc12.CC(O)c1c(CC(=O)Cc2cnc(-n3nccn3)c(Cl)c2)cnc2ccc(F)cc12.I[I-]I.N#COc1cnc(-n2nccn2)c(Cl)c1.[B].[H-].[Na+]. The molecule has 34 heteroatoms. The van der Waals surface area contributed by atoms with Crippen LogP contribution in [0.2, 0.25) is 15.1 Å². The number of halogens is 9. The molecule has 479 valence electrons. The summed E-state index contributed by atoms with van der Waals surface area (Å²) in [6.07, 6.45) is 18.8. The Labute approximate surface area is 608 Å². The summed E-state index contributed by atoms with van der Waals surface area (Å²) in [5, 5.41) is 44.5. The van der Waals surface area contributed by atoms with Crippen molar-refractivity contribution in [2.45, 2.75) is 52.6 Å². The van der Waals surface area contributed by atoms with Crippen LogP contribution in [-0.4, -0.2) is 112 Å². The zero-order valence-corrected chi connectivity index (χ0v) is 60.7. The number of aliphatic hydroxyl groups excluding tert-OH is 1. The fourth-order valence-electron chi connectivity index (χ4n) is 9.27. The number of pyridine rings is 6. The van der Waals surface area contributed by atoms with Crippen LogP contribution in [0.5, 0.6) is 5.75 Å². The molecule has 23 nitrogen and oxygen atoms in total. The predicted molar refractivity (Wildman–Crippen MR) is 359 cm³/mol. The fourth-order valence-corrected chi connectivity index (χ4v) is 10.0. The van der Waals surface area contributed by atoms with Crippen LogP contribution in [0.15, 0.2) is 147 Å².